The maximum Gasteiger partial charge on any atom is 0.322 e. The van der Waals surface area contributed by atoms with Gasteiger partial charge in [-0.25, -0.2) is 13.1 Å². The number of fused-ring (bicyclic) bond motifs is 1. The third kappa shape index (κ3) is 5.80. The average Bonchev–Trinajstić information content (AvgIpc) is 3.29. The van der Waals surface area contributed by atoms with Crippen LogP contribution in [0.1, 0.15) is 43.9 Å². The number of nitrogens with one attached hydrogen (secondary N) is 1. The summed E-state index contributed by atoms with van der Waals surface area (Å²) in [5.41, 5.74) is 10.4. The fraction of sp³-hybridized carbons (Fsp3) is 0.375. The molecule has 35 heavy (non-hydrogen) atoms. The Balaban J connectivity index is 1.61. The van der Waals surface area contributed by atoms with E-state index in [9.17, 15) is 13.2 Å². The first kappa shape index (κ1) is 25.1. The Morgan fingerprint density at radius 3 is 2.71 bits per heavy atom. The molecule has 3 aromatic rings. The Bertz CT molecular complexity index is 1340. The van der Waals surface area contributed by atoms with Gasteiger partial charge in [-0.05, 0) is 62.4 Å². The first-order valence-electron chi connectivity index (χ1n) is 11.3. The summed E-state index contributed by atoms with van der Waals surface area (Å²) >= 11 is 1.45. The van der Waals surface area contributed by atoms with Crippen molar-refractivity contribution in [3.05, 3.63) is 47.5 Å². The van der Waals surface area contributed by atoms with Crippen LogP contribution >= 0.6 is 11.3 Å². The van der Waals surface area contributed by atoms with Gasteiger partial charge in [0.15, 0.2) is 5.75 Å². The molecule has 0 bridgehead atoms. The van der Waals surface area contributed by atoms with Crippen molar-refractivity contribution in [1.82, 2.24) is 14.9 Å². The second kappa shape index (κ2) is 10.3. The number of nitrogens with two attached hydrogens (primary N) is 1. The summed E-state index contributed by atoms with van der Waals surface area (Å²) in [7, 11) is -2.67. The number of nitrogens with zero attached hydrogens (tertiary/aromatic N) is 2. The smallest absolute Gasteiger partial charge is 0.322 e. The van der Waals surface area contributed by atoms with Crippen LogP contribution in [0.25, 0.3) is 21.1 Å². The van der Waals surface area contributed by atoms with Gasteiger partial charge in [-0.3, -0.25) is 4.79 Å². The van der Waals surface area contributed by atoms with E-state index in [4.69, 9.17) is 10.5 Å². The van der Waals surface area contributed by atoms with E-state index >= 15 is 0 Å². The van der Waals surface area contributed by atoms with Crippen molar-refractivity contribution in [2.24, 2.45) is 0 Å². The van der Waals surface area contributed by atoms with Gasteiger partial charge in [0.25, 0.3) is 0 Å². The highest BCUT2D eigenvalue weighted by Gasteiger charge is 2.28. The number of rotatable bonds is 8. The van der Waals surface area contributed by atoms with Gasteiger partial charge in [0.1, 0.15) is 15.8 Å². The molecule has 2 aromatic carbocycles. The van der Waals surface area contributed by atoms with Gasteiger partial charge in [-0.2, -0.15) is 0 Å². The van der Waals surface area contributed by atoms with Gasteiger partial charge in [-0.15, -0.1) is 10.2 Å². The van der Waals surface area contributed by atoms with Crippen LogP contribution in [0.3, 0.4) is 0 Å². The van der Waals surface area contributed by atoms with Gasteiger partial charge in [-0.1, -0.05) is 29.5 Å². The van der Waals surface area contributed by atoms with E-state index in [1.807, 2.05) is 50.2 Å². The number of carbonyl (C=O) groups excluding carboxylic acids is 1. The van der Waals surface area contributed by atoms with Crippen molar-refractivity contribution in [3.8, 4) is 26.9 Å². The first-order chi connectivity index (χ1) is 16.7. The molecular formula is C24H28N4O5S2. The van der Waals surface area contributed by atoms with Crippen LogP contribution in [0, 0.1) is 0 Å². The number of carbonyl (C=O) groups is 1. The van der Waals surface area contributed by atoms with Crippen molar-refractivity contribution < 1.29 is 22.7 Å². The van der Waals surface area contributed by atoms with E-state index < -0.39 is 27.8 Å². The molecule has 11 heteroatoms. The maximum absolute atomic E-state index is 12.5. The van der Waals surface area contributed by atoms with Crippen LogP contribution < -0.4 is 15.2 Å². The van der Waals surface area contributed by atoms with Crippen molar-refractivity contribution >= 4 is 33.0 Å². The molecule has 0 fully saturated rings. The molecule has 4 rings (SSSR count). The molecule has 1 aliphatic carbocycles. The predicted molar refractivity (Wildman–Crippen MR) is 136 cm³/mol. The SMILES string of the molecule is COC(=O)CS(=O)(=O)NC1CCCc2c(-c3nnc(-c4ccc(OC(C)C)c(N)c4)s3)cccc21. The van der Waals surface area contributed by atoms with Crippen molar-refractivity contribution in [2.75, 3.05) is 18.6 Å². The molecule has 186 valence electrons. The van der Waals surface area contributed by atoms with Crippen LogP contribution in [0.2, 0.25) is 0 Å². The second-order valence-electron chi connectivity index (χ2n) is 8.60. The predicted octanol–water partition coefficient (Wildman–Crippen LogP) is 3.71. The van der Waals surface area contributed by atoms with Gasteiger partial charge in [0.2, 0.25) is 10.0 Å². The lowest BCUT2D eigenvalue weighted by Crippen LogP contribution is -2.35. The summed E-state index contributed by atoms with van der Waals surface area (Å²) in [4.78, 5) is 11.5. The molecule has 0 amide bonds. The highest BCUT2D eigenvalue weighted by atomic mass is 32.2. The summed E-state index contributed by atoms with van der Waals surface area (Å²) in [5.74, 6) is -0.877. The fourth-order valence-electron chi connectivity index (χ4n) is 4.14. The summed E-state index contributed by atoms with van der Waals surface area (Å²) in [6, 6.07) is 10.9. The van der Waals surface area contributed by atoms with E-state index in [0.717, 1.165) is 45.1 Å². The Hall–Kier alpha value is -3.02. The molecule has 1 aliphatic rings. The quantitative estimate of drug-likeness (QED) is 0.342. The van der Waals surface area contributed by atoms with Gasteiger partial charge in [0, 0.05) is 17.2 Å². The number of methoxy groups -OCH3 is 1. The molecule has 0 saturated heterocycles. The summed E-state index contributed by atoms with van der Waals surface area (Å²) in [5, 5.41) is 10.3. The molecule has 0 aliphatic heterocycles. The highest BCUT2D eigenvalue weighted by Crippen LogP contribution is 2.39. The molecule has 9 nitrogen and oxygen atoms in total. The van der Waals surface area contributed by atoms with Gasteiger partial charge >= 0.3 is 5.97 Å². The second-order valence-corrected chi connectivity index (χ2v) is 11.3. The van der Waals surface area contributed by atoms with Crippen molar-refractivity contribution in [1.29, 1.82) is 0 Å². The Labute approximate surface area is 208 Å². The number of aromatic nitrogens is 2. The van der Waals surface area contributed by atoms with E-state index in [-0.39, 0.29) is 6.10 Å². The average molecular weight is 517 g/mol. The lowest BCUT2D eigenvalue weighted by atomic mass is 9.85. The monoisotopic (exact) mass is 516 g/mol. The molecule has 1 unspecified atom stereocenters. The zero-order valence-electron chi connectivity index (χ0n) is 19.8. The minimum Gasteiger partial charge on any atom is -0.489 e. The third-order valence-electron chi connectivity index (χ3n) is 5.64. The van der Waals surface area contributed by atoms with Crippen LogP contribution in [-0.2, 0) is 26.0 Å². The highest BCUT2D eigenvalue weighted by molar-refractivity contribution is 7.90. The molecule has 1 aromatic heterocycles. The molecule has 0 saturated carbocycles. The zero-order valence-corrected chi connectivity index (χ0v) is 21.4. The minimum absolute atomic E-state index is 0.0225. The van der Waals surface area contributed by atoms with E-state index in [1.165, 1.54) is 18.4 Å². The number of sulfonamides is 1. The number of benzene rings is 2. The van der Waals surface area contributed by atoms with Gasteiger partial charge in [0.05, 0.1) is 18.9 Å². The molecular weight excluding hydrogens is 488 g/mol. The van der Waals surface area contributed by atoms with E-state index in [1.54, 1.807) is 0 Å². The largest absolute Gasteiger partial charge is 0.489 e. The standard InChI is InChI=1S/C24H28N4O5S2/c1-14(2)33-21-11-10-15(12-19(21)25)23-26-27-24(34-23)18-8-4-7-17-16(18)6-5-9-20(17)28-35(30,31)13-22(29)32-3/h4,7-8,10-12,14,20,28H,5-6,9,13,25H2,1-3H3. The van der Waals surface area contributed by atoms with Crippen LogP contribution in [0.4, 0.5) is 5.69 Å². The minimum atomic E-state index is -3.83. The van der Waals surface area contributed by atoms with Gasteiger partial charge < -0.3 is 15.2 Å². The molecule has 1 heterocycles. The number of anilines is 1. The lowest BCUT2D eigenvalue weighted by Gasteiger charge is -2.27. The van der Waals surface area contributed by atoms with E-state index in [0.29, 0.717) is 17.9 Å². The first-order valence-corrected chi connectivity index (χ1v) is 13.7. The Morgan fingerprint density at radius 1 is 1.23 bits per heavy atom. The normalized spacial score (nSPS) is 15.6. The summed E-state index contributed by atoms with van der Waals surface area (Å²) in [6.07, 6.45) is 2.26. The van der Waals surface area contributed by atoms with Crippen LogP contribution in [-0.4, -0.2) is 43.6 Å². The molecule has 0 spiro atoms. The number of hydrogen-bond acceptors (Lipinski definition) is 9. The topological polar surface area (TPSA) is 134 Å². The zero-order chi connectivity index (χ0) is 25.2. The number of ether oxygens (including phenoxy) is 2. The molecule has 0 radical (unpaired) electrons. The molecule has 3 N–H and O–H groups in total. The van der Waals surface area contributed by atoms with Crippen molar-refractivity contribution in [3.63, 3.8) is 0 Å². The summed E-state index contributed by atoms with van der Waals surface area (Å²) < 4.78 is 37.8. The lowest BCUT2D eigenvalue weighted by molar-refractivity contribution is -0.137. The van der Waals surface area contributed by atoms with E-state index in [2.05, 4.69) is 19.7 Å². The Morgan fingerprint density at radius 2 is 2.00 bits per heavy atom. The number of hydrogen-bond donors (Lipinski definition) is 2. The third-order valence-corrected chi connectivity index (χ3v) is 7.90. The summed E-state index contributed by atoms with van der Waals surface area (Å²) in [6.45, 7) is 3.89. The molecule has 1 atom stereocenters. The fourth-order valence-corrected chi connectivity index (χ4v) is 6.22. The van der Waals surface area contributed by atoms with Crippen molar-refractivity contribution in [2.45, 2.75) is 45.3 Å². The van der Waals surface area contributed by atoms with Crippen LogP contribution in [0.15, 0.2) is 36.4 Å². The number of esters is 1. The Kier molecular flexibility index (Phi) is 7.39. The maximum atomic E-state index is 12.5. The number of nitrogen functional groups attached to an aromatic ring is 1. The van der Waals surface area contributed by atoms with Crippen LogP contribution in [0.5, 0.6) is 5.75 Å².